The van der Waals surface area contributed by atoms with Crippen molar-refractivity contribution in [2.75, 3.05) is 27.9 Å². The maximum Gasteiger partial charge on any atom is 0.507 e. The molecular weight excluding hydrogens is 280 g/mol. The molecule has 0 aromatic heterocycles. The van der Waals surface area contributed by atoms with Gasteiger partial charge in [-0.05, 0) is 18.6 Å². The molecule has 0 saturated heterocycles. The van der Waals surface area contributed by atoms with Crippen LogP contribution in [0.15, 0.2) is 24.3 Å². The molecule has 0 spiro atoms. The Bertz CT molecular complexity index is 376. The highest BCUT2D eigenvalue weighted by Gasteiger charge is 2.40. The number of aliphatic hydroxyl groups is 1. The van der Waals surface area contributed by atoms with Crippen molar-refractivity contribution < 1.29 is 28.3 Å². The van der Waals surface area contributed by atoms with Crippen LogP contribution in [0, 0.1) is 6.92 Å². The van der Waals surface area contributed by atoms with Crippen LogP contribution in [0.1, 0.15) is 5.56 Å². The van der Waals surface area contributed by atoms with Crippen LogP contribution in [-0.4, -0.2) is 52.7 Å². The van der Waals surface area contributed by atoms with Crippen molar-refractivity contribution in [3.63, 3.8) is 0 Å². The Labute approximate surface area is 120 Å². The summed E-state index contributed by atoms with van der Waals surface area (Å²) in [5, 5.41) is 17.4. The number of ketones is 1. The van der Waals surface area contributed by atoms with Gasteiger partial charge in [-0.25, -0.2) is 0 Å². The van der Waals surface area contributed by atoms with Crippen molar-refractivity contribution in [3.8, 4) is 5.75 Å². The molecule has 0 aliphatic heterocycles. The lowest BCUT2D eigenvalue weighted by molar-refractivity contribution is -0.120. The van der Waals surface area contributed by atoms with E-state index in [2.05, 4.69) is 0 Å². The SMILES string of the molecule is CO[Si](CC(=O)CO)(OC)OC.Cc1ccccc1O. The second-order valence-electron chi connectivity index (χ2n) is 3.96. The number of Topliss-reactive ketones (excluding diaryl/α,β-unsaturated/α-hetero) is 1. The lowest BCUT2D eigenvalue weighted by atomic mass is 10.2. The third kappa shape index (κ3) is 6.26. The topological polar surface area (TPSA) is 85.2 Å². The van der Waals surface area contributed by atoms with Crippen molar-refractivity contribution in [3.05, 3.63) is 29.8 Å². The Morgan fingerprint density at radius 1 is 1.15 bits per heavy atom. The largest absolute Gasteiger partial charge is 0.508 e. The summed E-state index contributed by atoms with van der Waals surface area (Å²) in [5.74, 6) is 0.0275. The molecule has 0 radical (unpaired) electrons. The van der Waals surface area contributed by atoms with Gasteiger partial charge in [-0.15, -0.1) is 0 Å². The van der Waals surface area contributed by atoms with Crippen LogP contribution in [0.3, 0.4) is 0 Å². The highest BCUT2D eigenvalue weighted by Crippen LogP contribution is 2.13. The Morgan fingerprint density at radius 2 is 1.65 bits per heavy atom. The molecular formula is C13H22O6Si. The third-order valence-electron chi connectivity index (χ3n) is 2.64. The van der Waals surface area contributed by atoms with Crippen LogP contribution in [0.5, 0.6) is 5.75 Å². The molecule has 114 valence electrons. The molecule has 0 aliphatic rings. The number of para-hydroxylation sites is 1. The standard InChI is InChI=1S/C7H8O.C6H14O5Si/c1-6-4-2-3-5-7(6)8;1-9-12(10-2,11-3)5-6(8)4-7/h2-5,8H,1H3;7H,4-5H2,1-3H3. The van der Waals surface area contributed by atoms with E-state index in [0.717, 1.165) is 5.56 Å². The van der Waals surface area contributed by atoms with Crippen LogP contribution >= 0.6 is 0 Å². The van der Waals surface area contributed by atoms with Crippen LogP contribution < -0.4 is 0 Å². The number of phenolic OH excluding ortho intramolecular Hbond substituents is 1. The number of phenols is 1. The first-order chi connectivity index (χ1) is 9.44. The molecule has 0 atom stereocenters. The van der Waals surface area contributed by atoms with Crippen LogP contribution in [0.4, 0.5) is 0 Å². The number of carbonyl (C=O) groups is 1. The number of rotatable bonds is 6. The second-order valence-corrected chi connectivity index (χ2v) is 6.90. The van der Waals surface area contributed by atoms with E-state index in [4.69, 9.17) is 23.5 Å². The summed E-state index contributed by atoms with van der Waals surface area (Å²) in [6.45, 7) is 1.36. The Morgan fingerprint density at radius 3 is 1.95 bits per heavy atom. The first-order valence-corrected chi connectivity index (χ1v) is 7.90. The van der Waals surface area contributed by atoms with Gasteiger partial charge >= 0.3 is 8.80 Å². The summed E-state index contributed by atoms with van der Waals surface area (Å²) in [5.41, 5.74) is 0.924. The van der Waals surface area contributed by atoms with E-state index in [9.17, 15) is 4.79 Å². The van der Waals surface area contributed by atoms with Gasteiger partial charge in [0.1, 0.15) is 12.4 Å². The number of hydrogen-bond acceptors (Lipinski definition) is 6. The van der Waals surface area contributed by atoms with Gasteiger partial charge < -0.3 is 23.5 Å². The Kier molecular flexibility index (Phi) is 9.02. The Hall–Kier alpha value is -1.25. The maximum atomic E-state index is 10.8. The molecule has 0 saturated carbocycles. The number of aliphatic hydroxyl groups excluding tert-OH is 1. The normalized spacial score (nSPS) is 10.7. The van der Waals surface area contributed by atoms with Crippen molar-refractivity contribution in [2.24, 2.45) is 0 Å². The van der Waals surface area contributed by atoms with Crippen LogP contribution in [0.25, 0.3) is 0 Å². The van der Waals surface area contributed by atoms with Gasteiger partial charge in [-0.1, -0.05) is 18.2 Å². The summed E-state index contributed by atoms with van der Waals surface area (Å²) in [7, 11) is 1.45. The number of carbonyl (C=O) groups excluding carboxylic acids is 1. The fourth-order valence-electron chi connectivity index (χ4n) is 1.33. The molecule has 2 N–H and O–H groups in total. The van der Waals surface area contributed by atoms with E-state index in [1.165, 1.54) is 21.3 Å². The van der Waals surface area contributed by atoms with Gasteiger partial charge in [0.05, 0.1) is 6.04 Å². The van der Waals surface area contributed by atoms with E-state index in [1.54, 1.807) is 6.07 Å². The lowest BCUT2D eigenvalue weighted by Gasteiger charge is -2.22. The summed E-state index contributed by atoms with van der Waals surface area (Å²) >= 11 is 0. The predicted octanol–water partition coefficient (Wildman–Crippen LogP) is 1.13. The summed E-state index contributed by atoms with van der Waals surface area (Å²) < 4.78 is 14.9. The zero-order valence-corrected chi connectivity index (χ0v) is 13.3. The molecule has 6 nitrogen and oxygen atoms in total. The van der Waals surface area contributed by atoms with Crippen molar-refractivity contribution in [1.29, 1.82) is 0 Å². The zero-order chi connectivity index (χ0) is 15.6. The van der Waals surface area contributed by atoms with E-state index < -0.39 is 15.4 Å². The number of hydrogen-bond donors (Lipinski definition) is 2. The highest BCUT2D eigenvalue weighted by atomic mass is 28.4. The van der Waals surface area contributed by atoms with Crippen molar-refractivity contribution >= 4 is 14.6 Å². The number of aromatic hydroxyl groups is 1. The number of benzene rings is 1. The van der Waals surface area contributed by atoms with Gasteiger partial charge in [-0.3, -0.25) is 4.79 Å². The average molecular weight is 302 g/mol. The fourth-order valence-corrected chi connectivity index (χ4v) is 2.86. The van der Waals surface area contributed by atoms with Gasteiger partial charge in [0, 0.05) is 21.3 Å². The molecule has 0 amide bonds. The van der Waals surface area contributed by atoms with Crippen molar-refractivity contribution in [1.82, 2.24) is 0 Å². The smallest absolute Gasteiger partial charge is 0.507 e. The molecule has 0 fully saturated rings. The van der Waals surface area contributed by atoms with Gasteiger partial charge in [-0.2, -0.15) is 0 Å². The molecule has 0 aliphatic carbocycles. The average Bonchev–Trinajstić information content (AvgIpc) is 2.48. The quantitative estimate of drug-likeness (QED) is 0.766. The molecule has 1 aromatic carbocycles. The number of aryl methyl sites for hydroxylation is 1. The van der Waals surface area contributed by atoms with E-state index in [0.29, 0.717) is 5.75 Å². The monoisotopic (exact) mass is 302 g/mol. The van der Waals surface area contributed by atoms with Crippen molar-refractivity contribution in [2.45, 2.75) is 13.0 Å². The maximum absolute atomic E-state index is 10.8. The summed E-state index contributed by atoms with van der Waals surface area (Å²) in [6.07, 6.45) is 0. The molecule has 0 heterocycles. The minimum Gasteiger partial charge on any atom is -0.508 e. The molecule has 20 heavy (non-hydrogen) atoms. The second kappa shape index (κ2) is 9.62. The van der Waals surface area contributed by atoms with Crippen LogP contribution in [0.2, 0.25) is 6.04 Å². The predicted molar refractivity (Wildman–Crippen MR) is 76.5 cm³/mol. The highest BCUT2D eigenvalue weighted by molar-refractivity contribution is 6.64. The molecule has 7 heteroatoms. The minimum absolute atomic E-state index is 0.00694. The van der Waals surface area contributed by atoms with Gasteiger partial charge in [0.25, 0.3) is 0 Å². The van der Waals surface area contributed by atoms with Gasteiger partial charge in [0.2, 0.25) is 0 Å². The minimum atomic E-state index is -2.81. The zero-order valence-electron chi connectivity index (χ0n) is 12.3. The molecule has 1 rings (SSSR count). The van der Waals surface area contributed by atoms with Crippen LogP contribution in [-0.2, 0) is 18.1 Å². The first-order valence-electron chi connectivity index (χ1n) is 5.97. The fraction of sp³-hybridized carbons (Fsp3) is 0.462. The summed E-state index contributed by atoms with van der Waals surface area (Å²) in [6, 6.07) is 7.26. The lowest BCUT2D eigenvalue weighted by Crippen LogP contribution is -2.45. The Balaban J connectivity index is 0.000000388. The third-order valence-corrected chi connectivity index (χ3v) is 5.33. The summed E-state index contributed by atoms with van der Waals surface area (Å²) in [4.78, 5) is 10.8. The van der Waals surface area contributed by atoms with E-state index in [1.807, 2.05) is 25.1 Å². The van der Waals surface area contributed by atoms with E-state index >= 15 is 0 Å². The molecule has 1 aromatic rings. The van der Waals surface area contributed by atoms with E-state index in [-0.39, 0.29) is 11.8 Å². The van der Waals surface area contributed by atoms with Gasteiger partial charge in [0.15, 0.2) is 5.78 Å². The molecule has 0 bridgehead atoms. The molecule has 0 unspecified atom stereocenters. The first kappa shape index (κ1) is 18.7.